The van der Waals surface area contributed by atoms with Crippen molar-refractivity contribution in [1.82, 2.24) is 15.0 Å². The van der Waals surface area contributed by atoms with Crippen LogP contribution in [0.1, 0.15) is 35.0 Å². The van der Waals surface area contributed by atoms with Crippen molar-refractivity contribution in [2.45, 2.75) is 18.8 Å². The Balaban J connectivity index is 1.51. The van der Waals surface area contributed by atoms with Gasteiger partial charge in [-0.1, -0.05) is 28.9 Å². The molecule has 0 aliphatic carbocycles. The third-order valence-corrected chi connectivity index (χ3v) is 4.96. The molecule has 3 aromatic rings. The van der Waals surface area contributed by atoms with Crippen LogP contribution in [0.2, 0.25) is 5.02 Å². The number of carbonyl (C=O) groups excluding carboxylic acids is 1. The summed E-state index contributed by atoms with van der Waals surface area (Å²) in [4.78, 5) is 18.8. The highest BCUT2D eigenvalue weighted by molar-refractivity contribution is 6.30. The van der Waals surface area contributed by atoms with Crippen molar-refractivity contribution in [3.8, 4) is 11.4 Å². The second-order valence-electron chi connectivity index (χ2n) is 6.53. The third kappa shape index (κ3) is 3.71. The van der Waals surface area contributed by atoms with Gasteiger partial charge >= 0.3 is 0 Å². The lowest BCUT2D eigenvalue weighted by Crippen LogP contribution is -2.39. The van der Waals surface area contributed by atoms with Crippen molar-refractivity contribution in [3.05, 3.63) is 70.8 Å². The van der Waals surface area contributed by atoms with Gasteiger partial charge in [0.05, 0.1) is 11.5 Å². The smallest absolute Gasteiger partial charge is 0.256 e. The summed E-state index contributed by atoms with van der Waals surface area (Å²) in [6, 6.07) is 13.2. The Bertz CT molecular complexity index is 958. The molecule has 0 bridgehead atoms. The lowest BCUT2D eigenvalue weighted by molar-refractivity contribution is 0.0691. The highest BCUT2D eigenvalue weighted by atomic mass is 35.5. The molecule has 1 aliphatic rings. The van der Waals surface area contributed by atoms with Gasteiger partial charge in [-0.3, -0.25) is 4.79 Å². The van der Waals surface area contributed by atoms with Crippen molar-refractivity contribution < 1.29 is 13.7 Å². The lowest BCUT2D eigenvalue weighted by Gasteiger charge is -2.31. The van der Waals surface area contributed by atoms with E-state index in [0.717, 1.165) is 18.4 Å². The number of likely N-dealkylation sites (tertiary alicyclic amines) is 1. The van der Waals surface area contributed by atoms with Crippen molar-refractivity contribution in [2.75, 3.05) is 13.1 Å². The fourth-order valence-corrected chi connectivity index (χ4v) is 3.41. The van der Waals surface area contributed by atoms with Crippen LogP contribution < -0.4 is 0 Å². The molecule has 0 radical (unpaired) electrons. The van der Waals surface area contributed by atoms with Crippen LogP contribution in [0.4, 0.5) is 4.39 Å². The van der Waals surface area contributed by atoms with E-state index in [-0.39, 0.29) is 17.4 Å². The van der Waals surface area contributed by atoms with Gasteiger partial charge < -0.3 is 9.42 Å². The summed E-state index contributed by atoms with van der Waals surface area (Å²) in [6.45, 7) is 1.01. The Labute approximate surface area is 160 Å². The maximum atomic E-state index is 13.9. The van der Waals surface area contributed by atoms with E-state index in [0.29, 0.717) is 29.8 Å². The summed E-state index contributed by atoms with van der Waals surface area (Å²) in [7, 11) is 0. The number of rotatable bonds is 3. The van der Waals surface area contributed by atoms with Gasteiger partial charge in [-0.05, 0) is 49.2 Å². The molecule has 1 saturated heterocycles. The van der Waals surface area contributed by atoms with E-state index in [4.69, 9.17) is 16.1 Å². The van der Waals surface area contributed by atoms with Gasteiger partial charge in [0.1, 0.15) is 5.82 Å². The Morgan fingerprint density at radius 1 is 1.19 bits per heavy atom. The number of aromatic nitrogens is 2. The fraction of sp³-hybridized carbons (Fsp3) is 0.250. The molecule has 1 atom stereocenters. The van der Waals surface area contributed by atoms with Crippen LogP contribution in [0.3, 0.4) is 0 Å². The zero-order valence-corrected chi connectivity index (χ0v) is 15.2. The topological polar surface area (TPSA) is 59.2 Å². The van der Waals surface area contributed by atoms with Crippen LogP contribution in [-0.2, 0) is 0 Å². The largest absolute Gasteiger partial charge is 0.339 e. The standard InChI is InChI=1S/C20H17ClFN3O2/c21-15-9-7-13(8-10-15)18-23-19(27-24-18)14-4-3-11-25(12-14)20(26)16-5-1-2-6-17(16)22/h1-2,5-10,14H,3-4,11-12H2. The highest BCUT2D eigenvalue weighted by Crippen LogP contribution is 2.29. The summed E-state index contributed by atoms with van der Waals surface area (Å²) >= 11 is 5.91. The first-order chi connectivity index (χ1) is 13.1. The molecule has 5 nitrogen and oxygen atoms in total. The van der Waals surface area contributed by atoms with E-state index in [9.17, 15) is 9.18 Å². The van der Waals surface area contributed by atoms with Crippen molar-refractivity contribution in [3.63, 3.8) is 0 Å². The van der Waals surface area contributed by atoms with Crippen LogP contribution in [0.25, 0.3) is 11.4 Å². The van der Waals surface area contributed by atoms with Crippen molar-refractivity contribution in [1.29, 1.82) is 0 Å². The first-order valence-electron chi connectivity index (χ1n) is 8.75. The third-order valence-electron chi connectivity index (χ3n) is 4.71. The molecule has 1 aromatic heterocycles. The molecular formula is C20H17ClFN3O2. The SMILES string of the molecule is O=C(c1ccccc1F)N1CCCC(c2nc(-c3ccc(Cl)cc3)no2)C1. The van der Waals surface area contributed by atoms with Gasteiger partial charge in [0, 0.05) is 23.7 Å². The Kier molecular flexibility index (Phi) is 4.90. The molecule has 27 heavy (non-hydrogen) atoms. The summed E-state index contributed by atoms with van der Waals surface area (Å²) in [6.07, 6.45) is 1.63. The molecule has 0 saturated carbocycles. The van der Waals surface area contributed by atoms with Gasteiger partial charge in [0.15, 0.2) is 0 Å². The number of piperidine rings is 1. The van der Waals surface area contributed by atoms with Crippen LogP contribution in [0.15, 0.2) is 53.1 Å². The van der Waals surface area contributed by atoms with Crippen LogP contribution in [0, 0.1) is 5.82 Å². The maximum Gasteiger partial charge on any atom is 0.256 e. The molecular weight excluding hydrogens is 369 g/mol. The van der Waals surface area contributed by atoms with Crippen LogP contribution >= 0.6 is 11.6 Å². The van der Waals surface area contributed by atoms with Crippen LogP contribution in [-0.4, -0.2) is 34.0 Å². The van der Waals surface area contributed by atoms with Crippen LogP contribution in [0.5, 0.6) is 0 Å². The molecule has 1 aliphatic heterocycles. The molecule has 1 fully saturated rings. The molecule has 1 amide bonds. The zero-order chi connectivity index (χ0) is 18.8. The summed E-state index contributed by atoms with van der Waals surface area (Å²) in [5.41, 5.74) is 0.898. The molecule has 4 rings (SSSR count). The minimum atomic E-state index is -0.507. The van der Waals surface area contributed by atoms with Gasteiger partial charge in [0.25, 0.3) is 5.91 Å². The fourth-order valence-electron chi connectivity index (χ4n) is 3.29. The van der Waals surface area contributed by atoms with Gasteiger partial charge in [0.2, 0.25) is 11.7 Å². The molecule has 0 N–H and O–H groups in total. The number of nitrogens with zero attached hydrogens (tertiary/aromatic N) is 3. The van der Waals surface area contributed by atoms with Crippen molar-refractivity contribution in [2.24, 2.45) is 0 Å². The lowest BCUT2D eigenvalue weighted by atomic mass is 9.97. The normalized spacial score (nSPS) is 17.1. The van der Waals surface area contributed by atoms with Gasteiger partial charge in [-0.2, -0.15) is 4.98 Å². The summed E-state index contributed by atoms with van der Waals surface area (Å²) < 4.78 is 19.4. The molecule has 2 heterocycles. The Morgan fingerprint density at radius 3 is 2.74 bits per heavy atom. The molecule has 1 unspecified atom stereocenters. The van der Waals surface area contributed by atoms with Gasteiger partial charge in [-0.25, -0.2) is 4.39 Å². The van der Waals surface area contributed by atoms with Crippen molar-refractivity contribution >= 4 is 17.5 Å². The van der Waals surface area contributed by atoms with Gasteiger partial charge in [-0.15, -0.1) is 0 Å². The highest BCUT2D eigenvalue weighted by Gasteiger charge is 2.30. The predicted molar refractivity (Wildman–Crippen MR) is 99.0 cm³/mol. The quantitative estimate of drug-likeness (QED) is 0.663. The van der Waals surface area contributed by atoms with E-state index in [1.807, 2.05) is 12.1 Å². The first kappa shape index (κ1) is 17.7. The monoisotopic (exact) mass is 385 g/mol. The van der Waals surface area contributed by atoms with E-state index in [2.05, 4.69) is 10.1 Å². The zero-order valence-electron chi connectivity index (χ0n) is 14.4. The number of benzene rings is 2. The minimum Gasteiger partial charge on any atom is -0.339 e. The number of amides is 1. The number of halogens is 2. The number of carbonyl (C=O) groups is 1. The Morgan fingerprint density at radius 2 is 1.96 bits per heavy atom. The number of hydrogen-bond donors (Lipinski definition) is 0. The average Bonchev–Trinajstić information content (AvgIpc) is 3.19. The number of hydrogen-bond acceptors (Lipinski definition) is 4. The molecule has 2 aromatic carbocycles. The minimum absolute atomic E-state index is 0.0666. The Hall–Kier alpha value is -2.73. The molecule has 7 heteroatoms. The maximum absolute atomic E-state index is 13.9. The second-order valence-corrected chi connectivity index (χ2v) is 6.97. The molecule has 138 valence electrons. The van der Waals surface area contributed by atoms with E-state index < -0.39 is 5.82 Å². The summed E-state index contributed by atoms with van der Waals surface area (Å²) in [5, 5.41) is 4.68. The van der Waals surface area contributed by atoms with E-state index >= 15 is 0 Å². The van der Waals surface area contributed by atoms with E-state index in [1.165, 1.54) is 12.1 Å². The predicted octanol–water partition coefficient (Wildman–Crippen LogP) is 4.55. The second kappa shape index (κ2) is 7.48. The first-order valence-corrected chi connectivity index (χ1v) is 9.13. The van der Waals surface area contributed by atoms with E-state index in [1.54, 1.807) is 29.2 Å². The summed E-state index contributed by atoms with van der Waals surface area (Å²) in [5.74, 6) is 0.0934. The average molecular weight is 386 g/mol. The molecule has 0 spiro atoms.